The van der Waals surface area contributed by atoms with Crippen molar-refractivity contribution in [3.05, 3.63) is 0 Å². The highest BCUT2D eigenvalue weighted by molar-refractivity contribution is 5.81. The van der Waals surface area contributed by atoms with Crippen LogP contribution in [0.3, 0.4) is 0 Å². The van der Waals surface area contributed by atoms with E-state index in [4.69, 9.17) is 0 Å². The third kappa shape index (κ3) is 5.07. The molecule has 1 amide bonds. The van der Waals surface area contributed by atoms with Gasteiger partial charge in [-0.25, -0.2) is 0 Å². The van der Waals surface area contributed by atoms with Crippen molar-refractivity contribution in [2.24, 2.45) is 11.3 Å². The number of amides is 1. The first-order valence-electron chi connectivity index (χ1n) is 6.84. The predicted octanol–water partition coefficient (Wildman–Crippen LogP) is 2.32. The average Bonchev–Trinajstić information content (AvgIpc) is 2.54. The minimum atomic E-state index is -0.0763. The van der Waals surface area contributed by atoms with Gasteiger partial charge in [0, 0.05) is 12.6 Å². The van der Waals surface area contributed by atoms with E-state index in [1.807, 2.05) is 6.92 Å². The second-order valence-electron chi connectivity index (χ2n) is 6.63. The van der Waals surface area contributed by atoms with Crippen molar-refractivity contribution >= 4 is 5.91 Å². The summed E-state index contributed by atoms with van der Waals surface area (Å²) in [5, 5.41) is 6.42. The molecule has 1 fully saturated rings. The summed E-state index contributed by atoms with van der Waals surface area (Å²) in [5.41, 5.74) is 0.436. The summed E-state index contributed by atoms with van der Waals surface area (Å²) in [6, 6.07) is 0.428. The molecular weight excluding hydrogens is 212 g/mol. The van der Waals surface area contributed by atoms with Gasteiger partial charge in [0.15, 0.2) is 0 Å². The first-order valence-corrected chi connectivity index (χ1v) is 6.84. The second-order valence-corrected chi connectivity index (χ2v) is 6.63. The smallest absolute Gasteiger partial charge is 0.236 e. The Kier molecular flexibility index (Phi) is 4.99. The molecule has 0 radical (unpaired) electrons. The Hall–Kier alpha value is -0.570. The van der Waals surface area contributed by atoms with Crippen molar-refractivity contribution in [3.8, 4) is 0 Å². The van der Waals surface area contributed by atoms with Crippen molar-refractivity contribution in [1.82, 2.24) is 10.6 Å². The molecule has 0 spiro atoms. The molecule has 0 aromatic rings. The van der Waals surface area contributed by atoms with Gasteiger partial charge >= 0.3 is 0 Å². The van der Waals surface area contributed by atoms with Crippen LogP contribution >= 0.6 is 0 Å². The monoisotopic (exact) mass is 240 g/mol. The normalized spacial score (nSPS) is 24.9. The van der Waals surface area contributed by atoms with Gasteiger partial charge in [-0.15, -0.1) is 0 Å². The summed E-state index contributed by atoms with van der Waals surface area (Å²) in [4.78, 5) is 11.8. The Morgan fingerprint density at radius 2 is 2.00 bits per heavy atom. The van der Waals surface area contributed by atoms with Crippen LogP contribution in [0.5, 0.6) is 0 Å². The highest BCUT2D eigenvalue weighted by Crippen LogP contribution is 2.36. The highest BCUT2D eigenvalue weighted by atomic mass is 16.2. The molecule has 17 heavy (non-hydrogen) atoms. The molecule has 0 aliphatic heterocycles. The van der Waals surface area contributed by atoms with Crippen LogP contribution < -0.4 is 10.6 Å². The first kappa shape index (κ1) is 14.5. The van der Waals surface area contributed by atoms with Crippen LogP contribution in [0.4, 0.5) is 0 Å². The zero-order valence-electron chi connectivity index (χ0n) is 12.0. The van der Waals surface area contributed by atoms with E-state index in [-0.39, 0.29) is 11.9 Å². The van der Waals surface area contributed by atoms with Gasteiger partial charge in [0.2, 0.25) is 5.91 Å². The Bertz CT molecular complexity index is 261. The molecular formula is C14H28N2O. The van der Waals surface area contributed by atoms with Gasteiger partial charge < -0.3 is 10.6 Å². The maximum atomic E-state index is 11.8. The number of carbonyl (C=O) groups is 1. The van der Waals surface area contributed by atoms with E-state index >= 15 is 0 Å². The van der Waals surface area contributed by atoms with E-state index in [0.717, 1.165) is 6.54 Å². The Labute approximate surface area is 106 Å². The maximum Gasteiger partial charge on any atom is 0.236 e. The molecule has 0 saturated heterocycles. The van der Waals surface area contributed by atoms with E-state index in [2.05, 4.69) is 38.3 Å². The molecule has 1 rings (SSSR count). The highest BCUT2D eigenvalue weighted by Gasteiger charge is 2.32. The van der Waals surface area contributed by atoms with E-state index in [1.165, 1.54) is 19.3 Å². The summed E-state index contributed by atoms with van der Waals surface area (Å²) < 4.78 is 0. The van der Waals surface area contributed by atoms with Crippen molar-refractivity contribution in [1.29, 1.82) is 0 Å². The van der Waals surface area contributed by atoms with Gasteiger partial charge in [-0.1, -0.05) is 27.7 Å². The van der Waals surface area contributed by atoms with Gasteiger partial charge in [0.25, 0.3) is 0 Å². The fraction of sp³-hybridized carbons (Fsp3) is 0.929. The minimum Gasteiger partial charge on any atom is -0.354 e. The Balaban J connectivity index is 2.29. The molecule has 0 aromatic carbocycles. The molecule has 2 atom stereocenters. The molecule has 2 unspecified atom stereocenters. The lowest BCUT2D eigenvalue weighted by atomic mass is 9.92. The van der Waals surface area contributed by atoms with Crippen LogP contribution in [0.25, 0.3) is 0 Å². The minimum absolute atomic E-state index is 0.0763. The standard InChI is InChI=1S/C14H28N2O/c1-10(2)9-15-13(17)11(3)16-12-6-7-14(4,5)8-12/h10-12,16H,6-9H2,1-5H3,(H,15,17). The van der Waals surface area contributed by atoms with Crippen molar-refractivity contribution in [2.75, 3.05) is 6.54 Å². The van der Waals surface area contributed by atoms with Crippen LogP contribution in [-0.2, 0) is 4.79 Å². The van der Waals surface area contributed by atoms with Crippen LogP contribution in [0.15, 0.2) is 0 Å². The van der Waals surface area contributed by atoms with Crippen LogP contribution in [0, 0.1) is 11.3 Å². The number of hydrogen-bond acceptors (Lipinski definition) is 2. The zero-order valence-corrected chi connectivity index (χ0v) is 12.0. The lowest BCUT2D eigenvalue weighted by Crippen LogP contribution is -2.46. The molecule has 3 nitrogen and oxygen atoms in total. The van der Waals surface area contributed by atoms with Crippen LogP contribution in [-0.4, -0.2) is 24.5 Å². The largest absolute Gasteiger partial charge is 0.354 e. The van der Waals surface area contributed by atoms with Gasteiger partial charge in [-0.2, -0.15) is 0 Å². The van der Waals surface area contributed by atoms with Gasteiger partial charge in [0.05, 0.1) is 6.04 Å². The molecule has 2 N–H and O–H groups in total. The summed E-state index contributed by atoms with van der Waals surface area (Å²) in [6.07, 6.45) is 3.62. The third-order valence-corrected chi connectivity index (χ3v) is 3.53. The zero-order chi connectivity index (χ0) is 13.1. The molecule has 0 heterocycles. The van der Waals surface area contributed by atoms with E-state index in [0.29, 0.717) is 17.4 Å². The lowest BCUT2D eigenvalue weighted by molar-refractivity contribution is -0.123. The molecule has 3 heteroatoms. The lowest BCUT2D eigenvalue weighted by Gasteiger charge is -2.21. The SMILES string of the molecule is CC(C)CNC(=O)C(C)NC1CCC(C)(C)C1. The van der Waals surface area contributed by atoms with Crippen molar-refractivity contribution in [2.45, 2.75) is 66.0 Å². The number of carbonyl (C=O) groups excluding carboxylic acids is 1. The van der Waals surface area contributed by atoms with E-state index in [1.54, 1.807) is 0 Å². The Morgan fingerprint density at radius 1 is 1.35 bits per heavy atom. The summed E-state index contributed by atoms with van der Waals surface area (Å²) in [7, 11) is 0. The number of rotatable bonds is 5. The van der Waals surface area contributed by atoms with Crippen LogP contribution in [0.2, 0.25) is 0 Å². The molecule has 1 aliphatic rings. The summed E-state index contributed by atoms with van der Waals surface area (Å²) >= 11 is 0. The van der Waals surface area contributed by atoms with E-state index in [9.17, 15) is 4.79 Å². The Morgan fingerprint density at radius 3 is 2.47 bits per heavy atom. The van der Waals surface area contributed by atoms with Crippen LogP contribution in [0.1, 0.15) is 53.9 Å². The van der Waals surface area contributed by atoms with Gasteiger partial charge in [0.1, 0.15) is 0 Å². The summed E-state index contributed by atoms with van der Waals surface area (Å²) in [6.45, 7) is 11.5. The summed E-state index contributed by atoms with van der Waals surface area (Å²) in [5.74, 6) is 0.639. The molecule has 100 valence electrons. The third-order valence-electron chi connectivity index (χ3n) is 3.53. The number of nitrogens with one attached hydrogen (secondary N) is 2. The topological polar surface area (TPSA) is 41.1 Å². The average molecular weight is 240 g/mol. The predicted molar refractivity (Wildman–Crippen MR) is 71.9 cm³/mol. The van der Waals surface area contributed by atoms with Gasteiger partial charge in [-0.3, -0.25) is 4.79 Å². The first-order chi connectivity index (χ1) is 7.80. The van der Waals surface area contributed by atoms with Gasteiger partial charge in [-0.05, 0) is 37.5 Å². The van der Waals surface area contributed by atoms with Crippen molar-refractivity contribution < 1.29 is 4.79 Å². The molecule has 1 saturated carbocycles. The van der Waals surface area contributed by atoms with E-state index < -0.39 is 0 Å². The molecule has 1 aliphatic carbocycles. The number of hydrogen-bond donors (Lipinski definition) is 2. The quantitative estimate of drug-likeness (QED) is 0.774. The fourth-order valence-electron chi connectivity index (χ4n) is 2.47. The molecule has 0 aromatic heterocycles. The fourth-order valence-corrected chi connectivity index (χ4v) is 2.47. The second kappa shape index (κ2) is 5.85. The maximum absolute atomic E-state index is 11.8. The van der Waals surface area contributed by atoms with Crippen molar-refractivity contribution in [3.63, 3.8) is 0 Å². The molecule has 0 bridgehead atoms.